The quantitative estimate of drug-likeness (QED) is 0.261. The fraction of sp³-hybridized carbons (Fsp3) is 0.357. The number of carbonyl (C=O) groups excluding carboxylic acids is 3. The summed E-state index contributed by atoms with van der Waals surface area (Å²) in [5.74, 6) is -0.637. The minimum absolute atomic E-state index is 0.181. The molecule has 0 heterocycles. The number of nitrogens with one attached hydrogen (secondary N) is 2. The number of rotatable bonds is 10. The minimum Gasteiger partial charge on any atom is -0.321 e. The van der Waals surface area contributed by atoms with Crippen molar-refractivity contribution >= 4 is 24.2 Å². The Morgan fingerprint density at radius 3 is 2.67 bits per heavy atom. The van der Waals surface area contributed by atoms with Gasteiger partial charge < -0.3 is 10.3 Å². The number of hydrazine groups is 1. The van der Waals surface area contributed by atoms with E-state index >= 15 is 0 Å². The van der Waals surface area contributed by atoms with E-state index in [4.69, 9.17) is 5.26 Å². The van der Waals surface area contributed by atoms with E-state index in [0.29, 0.717) is 42.4 Å². The summed E-state index contributed by atoms with van der Waals surface area (Å²) in [6.45, 7) is 0.623. The van der Waals surface area contributed by atoms with E-state index in [0.717, 1.165) is 12.8 Å². The average Bonchev–Trinajstić information content (AvgIpc) is 2.53. The Morgan fingerprint density at radius 2 is 2.00 bits per heavy atom. The van der Waals surface area contributed by atoms with Gasteiger partial charge in [0.15, 0.2) is 6.29 Å². The zero-order valence-corrected chi connectivity index (χ0v) is 11.5. The minimum atomic E-state index is -0.637. The Hall–Kier alpha value is -2.25. The van der Waals surface area contributed by atoms with Gasteiger partial charge >= 0.3 is 5.97 Å². The van der Waals surface area contributed by atoms with Crippen molar-refractivity contribution < 1.29 is 24.5 Å². The van der Waals surface area contributed by atoms with Gasteiger partial charge in [-0.2, -0.15) is 5.26 Å². The van der Waals surface area contributed by atoms with E-state index in [9.17, 15) is 14.4 Å². The molecule has 0 saturated carbocycles. The van der Waals surface area contributed by atoms with Crippen molar-refractivity contribution in [2.75, 3.05) is 12.0 Å². The average molecular weight is 294 g/mol. The van der Waals surface area contributed by atoms with Crippen LogP contribution in [-0.4, -0.2) is 30.3 Å². The van der Waals surface area contributed by atoms with E-state index in [1.54, 1.807) is 18.2 Å². The van der Waals surface area contributed by atoms with Gasteiger partial charge in [0, 0.05) is 24.1 Å². The number of hydrogen-bond acceptors (Lipinski definition) is 7. The Bertz CT molecular complexity index is 490. The van der Waals surface area contributed by atoms with Crippen molar-refractivity contribution in [2.24, 2.45) is 0 Å². The summed E-state index contributed by atoms with van der Waals surface area (Å²) >= 11 is 0. The summed E-state index contributed by atoms with van der Waals surface area (Å²) in [4.78, 5) is 35.8. The molecule has 1 aromatic carbocycles. The molecule has 21 heavy (non-hydrogen) atoms. The fourth-order valence-electron chi connectivity index (χ4n) is 1.72. The van der Waals surface area contributed by atoms with Gasteiger partial charge in [0.25, 0.3) is 0 Å². The van der Waals surface area contributed by atoms with Crippen molar-refractivity contribution in [1.29, 1.82) is 0 Å². The number of carbonyl (C=O) groups is 3. The Balaban J connectivity index is 2.27. The summed E-state index contributed by atoms with van der Waals surface area (Å²) in [5.41, 5.74) is 7.29. The maximum absolute atomic E-state index is 10.9. The van der Waals surface area contributed by atoms with Gasteiger partial charge in [0.1, 0.15) is 6.29 Å². The lowest BCUT2D eigenvalue weighted by Crippen LogP contribution is -2.23. The molecule has 0 fully saturated rings. The highest BCUT2D eigenvalue weighted by Crippen LogP contribution is 2.14. The second-order valence-electron chi connectivity index (χ2n) is 4.41. The van der Waals surface area contributed by atoms with Crippen LogP contribution in [0.5, 0.6) is 0 Å². The highest BCUT2D eigenvalue weighted by molar-refractivity contribution is 5.87. The Morgan fingerprint density at radius 1 is 1.19 bits per heavy atom. The van der Waals surface area contributed by atoms with Gasteiger partial charge in [0.2, 0.25) is 0 Å². The molecule has 0 aliphatic heterocycles. The first-order valence-electron chi connectivity index (χ1n) is 6.58. The monoisotopic (exact) mass is 294 g/mol. The standard InChI is InChI=1S/C14H18N2O5/c17-9-11-5-6-12(10-18)13(8-11)16-15-7-3-1-2-4-14(19)21-20/h5-6,8-10,15-16,20H,1-4,7H2. The molecular formula is C14H18N2O5. The van der Waals surface area contributed by atoms with Gasteiger partial charge in [-0.05, 0) is 25.0 Å². The van der Waals surface area contributed by atoms with Crippen LogP contribution in [0.1, 0.15) is 46.4 Å². The largest absolute Gasteiger partial charge is 0.342 e. The molecule has 7 nitrogen and oxygen atoms in total. The Kier molecular flexibility index (Phi) is 7.70. The molecule has 0 aliphatic rings. The summed E-state index contributed by atoms with van der Waals surface area (Å²) in [7, 11) is 0. The lowest BCUT2D eigenvalue weighted by atomic mass is 10.1. The van der Waals surface area contributed by atoms with Crippen LogP contribution in [0.4, 0.5) is 5.69 Å². The summed E-state index contributed by atoms with van der Waals surface area (Å²) < 4.78 is 0. The Labute approximate surface area is 122 Å². The van der Waals surface area contributed by atoms with Crippen molar-refractivity contribution in [3.05, 3.63) is 29.3 Å². The van der Waals surface area contributed by atoms with E-state index in [-0.39, 0.29) is 6.42 Å². The molecule has 0 unspecified atom stereocenters. The van der Waals surface area contributed by atoms with Crippen molar-refractivity contribution in [2.45, 2.75) is 25.7 Å². The van der Waals surface area contributed by atoms with Gasteiger partial charge in [-0.1, -0.05) is 12.5 Å². The molecule has 0 radical (unpaired) electrons. The second kappa shape index (κ2) is 9.62. The van der Waals surface area contributed by atoms with Crippen molar-refractivity contribution in [3.8, 4) is 0 Å². The molecule has 0 amide bonds. The molecule has 1 aromatic rings. The first-order chi connectivity index (χ1) is 10.2. The molecule has 1 rings (SSSR count). The normalized spacial score (nSPS) is 9.95. The molecule has 0 bridgehead atoms. The number of aldehydes is 2. The van der Waals surface area contributed by atoms with Gasteiger partial charge in [-0.3, -0.25) is 9.59 Å². The van der Waals surface area contributed by atoms with Crippen LogP contribution in [0.2, 0.25) is 0 Å². The summed E-state index contributed by atoms with van der Waals surface area (Å²) in [5, 5.41) is 8.07. The van der Waals surface area contributed by atoms with Crippen LogP contribution >= 0.6 is 0 Å². The van der Waals surface area contributed by atoms with Gasteiger partial charge in [-0.15, -0.1) is 0 Å². The molecular weight excluding hydrogens is 276 g/mol. The number of benzene rings is 1. The maximum atomic E-state index is 10.9. The molecule has 114 valence electrons. The van der Waals surface area contributed by atoms with Crippen LogP contribution in [0, 0.1) is 0 Å². The smallest absolute Gasteiger partial charge is 0.321 e. The van der Waals surface area contributed by atoms with Gasteiger partial charge in [0.05, 0.1) is 5.69 Å². The van der Waals surface area contributed by atoms with Crippen molar-refractivity contribution in [3.63, 3.8) is 0 Å². The van der Waals surface area contributed by atoms with Crippen LogP contribution in [-0.2, 0) is 9.68 Å². The zero-order chi connectivity index (χ0) is 15.5. The first-order valence-corrected chi connectivity index (χ1v) is 6.58. The van der Waals surface area contributed by atoms with E-state index in [1.807, 2.05) is 0 Å². The van der Waals surface area contributed by atoms with E-state index in [1.165, 1.54) is 0 Å². The summed E-state index contributed by atoms with van der Waals surface area (Å²) in [6, 6.07) is 4.73. The molecule has 0 aromatic heterocycles. The number of unbranched alkanes of at least 4 members (excludes halogenated alkanes) is 2. The second-order valence-corrected chi connectivity index (χ2v) is 4.41. The molecule has 0 saturated heterocycles. The molecule has 0 spiro atoms. The lowest BCUT2D eigenvalue weighted by molar-refractivity contribution is -0.234. The topological polar surface area (TPSA) is 105 Å². The van der Waals surface area contributed by atoms with Crippen LogP contribution in [0.25, 0.3) is 0 Å². The fourth-order valence-corrected chi connectivity index (χ4v) is 1.72. The SMILES string of the molecule is O=Cc1ccc(C=O)c(NNCCCCCC(=O)OO)c1. The third-order valence-electron chi connectivity index (χ3n) is 2.85. The highest BCUT2D eigenvalue weighted by atomic mass is 17.1. The predicted molar refractivity (Wildman–Crippen MR) is 76.0 cm³/mol. The van der Waals surface area contributed by atoms with Crippen LogP contribution in [0.3, 0.4) is 0 Å². The molecule has 7 heteroatoms. The number of anilines is 1. The third kappa shape index (κ3) is 6.15. The highest BCUT2D eigenvalue weighted by Gasteiger charge is 2.03. The van der Waals surface area contributed by atoms with E-state index in [2.05, 4.69) is 15.7 Å². The molecule has 3 N–H and O–H groups in total. The van der Waals surface area contributed by atoms with Crippen LogP contribution < -0.4 is 10.9 Å². The van der Waals surface area contributed by atoms with Crippen LogP contribution in [0.15, 0.2) is 18.2 Å². The molecule has 0 atom stereocenters. The zero-order valence-electron chi connectivity index (χ0n) is 11.5. The lowest BCUT2D eigenvalue weighted by Gasteiger charge is -2.10. The van der Waals surface area contributed by atoms with Gasteiger partial charge in [-0.25, -0.2) is 10.2 Å². The number of hydrogen-bond donors (Lipinski definition) is 3. The molecule has 0 aliphatic carbocycles. The summed E-state index contributed by atoms with van der Waals surface area (Å²) in [6.07, 6.45) is 3.81. The van der Waals surface area contributed by atoms with Crippen molar-refractivity contribution in [1.82, 2.24) is 5.43 Å². The van der Waals surface area contributed by atoms with E-state index < -0.39 is 5.97 Å². The first kappa shape index (κ1) is 16.8. The third-order valence-corrected chi connectivity index (χ3v) is 2.85. The predicted octanol–water partition coefficient (Wildman–Crippen LogP) is 1.80. The maximum Gasteiger partial charge on any atom is 0.342 e.